The van der Waals surface area contributed by atoms with Gasteiger partial charge in [0.05, 0.1) is 17.8 Å². The fourth-order valence-corrected chi connectivity index (χ4v) is 2.86. The van der Waals surface area contributed by atoms with E-state index in [4.69, 9.17) is 0 Å². The molecule has 0 aromatic heterocycles. The van der Waals surface area contributed by atoms with Gasteiger partial charge in [0.25, 0.3) is 0 Å². The Kier molecular flexibility index (Phi) is 19.6. The predicted molar refractivity (Wildman–Crippen MR) is 150 cm³/mol. The number of carbonyl (C=O) groups is 3. The van der Waals surface area contributed by atoms with E-state index in [1.54, 1.807) is 25.6 Å². The molecule has 0 spiro atoms. The molecule has 12 nitrogen and oxygen atoms in total. The van der Waals surface area contributed by atoms with Crippen molar-refractivity contribution in [3.63, 3.8) is 0 Å². The maximum Gasteiger partial charge on any atom is 0.447 e. The number of amides is 3. The summed E-state index contributed by atoms with van der Waals surface area (Å²) in [5, 5.41) is 14.6. The molecule has 0 unspecified atom stereocenters. The molecule has 0 aromatic carbocycles. The number of carbonyl (C=O) groups excluding carboxylic acids is 3. The van der Waals surface area contributed by atoms with Crippen molar-refractivity contribution in [2.75, 3.05) is 45.7 Å². The van der Waals surface area contributed by atoms with Crippen LogP contribution in [0.1, 0.15) is 34.6 Å². The van der Waals surface area contributed by atoms with Gasteiger partial charge in [-0.25, -0.2) is 23.0 Å². The number of oxime groups is 3. The summed E-state index contributed by atoms with van der Waals surface area (Å²) in [6.45, 7) is 9.53. The van der Waals surface area contributed by atoms with Crippen LogP contribution in [0.3, 0.4) is 0 Å². The first-order chi connectivity index (χ1) is 16.2. The number of hydrogen-bond donors (Lipinski definition) is 1. The molecule has 3 amide bonds. The molecule has 0 radical (unpaired) electrons. The average Bonchev–Trinajstić information content (AvgIpc) is 2.81. The average molecular weight is 573 g/mol. The zero-order valence-corrected chi connectivity index (χ0v) is 25.3. The van der Waals surface area contributed by atoms with Crippen LogP contribution >= 0.6 is 47.4 Å². The number of nitrogens with zero attached hydrogens (tertiary/aromatic N) is 5. The Labute approximate surface area is 225 Å². The summed E-state index contributed by atoms with van der Waals surface area (Å²) in [5.74, 6) is 0.764. The van der Waals surface area contributed by atoms with Gasteiger partial charge in [-0.15, -0.1) is 23.5 Å². The predicted octanol–water partition coefficient (Wildman–Crippen LogP) is 5.19. The van der Waals surface area contributed by atoms with Crippen LogP contribution in [0, 0.1) is 5.41 Å². The lowest BCUT2D eigenvalue weighted by Gasteiger charge is -2.19. The molecular weight excluding hydrogens is 537 g/mol. The van der Waals surface area contributed by atoms with Gasteiger partial charge in [-0.2, -0.15) is 11.8 Å². The van der Waals surface area contributed by atoms with Gasteiger partial charge in [-0.3, -0.25) is 14.5 Å². The van der Waals surface area contributed by atoms with E-state index in [1.165, 1.54) is 44.7 Å². The standard InChI is InChI=1S/C10H18N4O4S3.C9H18N2O2S/c1-7(19-5)11-17-9(15)13(3)21-14(4)10(16)18-12-8(2)20-6;1-9(2,3)7(6-14-5)11-13-8(12)10-4/h1-6H3;6H2,1-5H3,(H,10,12)/b11-7-,12-8-;. The zero-order chi connectivity index (χ0) is 27.6. The van der Waals surface area contributed by atoms with E-state index in [9.17, 15) is 14.4 Å². The normalized spacial score (nSPS) is 12.1. The van der Waals surface area contributed by atoms with Gasteiger partial charge in [0.15, 0.2) is 0 Å². The van der Waals surface area contributed by atoms with Crippen LogP contribution in [0.25, 0.3) is 0 Å². The van der Waals surface area contributed by atoms with Gasteiger partial charge < -0.3 is 5.32 Å². The maximum absolute atomic E-state index is 11.6. The quantitative estimate of drug-likeness (QED) is 0.143. The van der Waals surface area contributed by atoms with Crippen LogP contribution in [0.2, 0.25) is 0 Å². The molecule has 202 valence electrons. The SMILES string of the molecule is CNC(=O)ON=C(CSC)C(C)(C)C.CS/C(C)=N\OC(=O)N(C)SN(C)C(=O)O/N=C(/C)SC. The Hall–Kier alpha value is -1.78. The van der Waals surface area contributed by atoms with Crippen LogP contribution in [0.4, 0.5) is 14.4 Å². The third-order valence-electron chi connectivity index (χ3n) is 3.44. The highest BCUT2D eigenvalue weighted by molar-refractivity contribution is 8.13. The van der Waals surface area contributed by atoms with Crippen LogP contribution in [0.5, 0.6) is 0 Å². The molecule has 0 saturated heterocycles. The van der Waals surface area contributed by atoms with Crippen LogP contribution in [-0.2, 0) is 14.5 Å². The molecule has 0 rings (SSSR count). The molecule has 0 heterocycles. The summed E-state index contributed by atoms with van der Waals surface area (Å²) >= 11 is 5.16. The summed E-state index contributed by atoms with van der Waals surface area (Å²) in [6, 6.07) is 0. The highest BCUT2D eigenvalue weighted by Crippen LogP contribution is 2.19. The molecule has 0 bridgehead atoms. The summed E-state index contributed by atoms with van der Waals surface area (Å²) in [6.07, 6.45) is 3.65. The lowest BCUT2D eigenvalue weighted by Crippen LogP contribution is -2.28. The molecular formula is C19H36N6O6S4. The van der Waals surface area contributed by atoms with E-state index in [1.807, 2.05) is 39.5 Å². The number of thioether (sulfide) groups is 3. The Morgan fingerprint density at radius 2 is 1.26 bits per heavy atom. The number of rotatable bonds is 7. The van der Waals surface area contributed by atoms with Crippen molar-refractivity contribution in [2.24, 2.45) is 20.9 Å². The van der Waals surface area contributed by atoms with E-state index in [-0.39, 0.29) is 5.41 Å². The molecule has 0 atom stereocenters. The van der Waals surface area contributed by atoms with Crippen molar-refractivity contribution in [1.29, 1.82) is 0 Å². The fourth-order valence-electron chi connectivity index (χ4n) is 1.31. The maximum atomic E-state index is 11.6. The Bertz CT molecular complexity index is 735. The van der Waals surface area contributed by atoms with Crippen LogP contribution in [0.15, 0.2) is 15.5 Å². The Morgan fingerprint density at radius 1 is 0.829 bits per heavy atom. The number of nitrogens with one attached hydrogen (secondary N) is 1. The van der Waals surface area contributed by atoms with E-state index >= 15 is 0 Å². The first-order valence-electron chi connectivity index (χ1n) is 9.93. The number of hydrogen-bond acceptors (Lipinski definition) is 13. The lowest BCUT2D eigenvalue weighted by molar-refractivity contribution is 0.131. The van der Waals surface area contributed by atoms with Crippen molar-refractivity contribution in [2.45, 2.75) is 34.6 Å². The van der Waals surface area contributed by atoms with E-state index in [0.717, 1.165) is 32.2 Å². The van der Waals surface area contributed by atoms with E-state index in [0.29, 0.717) is 10.1 Å². The van der Waals surface area contributed by atoms with Gasteiger partial charge in [-0.1, -0.05) is 36.2 Å². The Morgan fingerprint density at radius 3 is 1.57 bits per heavy atom. The van der Waals surface area contributed by atoms with Gasteiger partial charge in [-0.05, 0) is 32.6 Å². The molecule has 35 heavy (non-hydrogen) atoms. The smallest absolute Gasteiger partial charge is 0.323 e. The first-order valence-corrected chi connectivity index (χ1v) is 14.5. The van der Waals surface area contributed by atoms with Crippen molar-refractivity contribution in [3.8, 4) is 0 Å². The third-order valence-corrected chi connectivity index (χ3v) is 6.13. The fraction of sp³-hybridized carbons (Fsp3) is 0.684. The second-order valence-electron chi connectivity index (χ2n) is 7.27. The van der Waals surface area contributed by atoms with Crippen molar-refractivity contribution < 1.29 is 28.9 Å². The topological polar surface area (TPSA) is 134 Å². The zero-order valence-electron chi connectivity index (χ0n) is 22.0. The highest BCUT2D eigenvalue weighted by Gasteiger charge is 2.20. The molecule has 1 N–H and O–H groups in total. The molecule has 0 saturated carbocycles. The van der Waals surface area contributed by atoms with Gasteiger partial charge in [0.2, 0.25) is 0 Å². The van der Waals surface area contributed by atoms with Crippen molar-refractivity contribution in [3.05, 3.63) is 0 Å². The molecule has 0 aliphatic rings. The van der Waals surface area contributed by atoms with E-state index in [2.05, 4.69) is 35.3 Å². The summed E-state index contributed by atoms with van der Waals surface area (Å²) in [5.41, 5.74) is 0.797. The molecule has 0 aliphatic carbocycles. The second kappa shape index (κ2) is 19.4. The Balaban J connectivity index is 0. The van der Waals surface area contributed by atoms with Crippen molar-refractivity contribution in [1.82, 2.24) is 13.9 Å². The van der Waals surface area contributed by atoms with Gasteiger partial charge in [0, 0.05) is 32.3 Å². The second-order valence-corrected chi connectivity index (χ2v) is 11.4. The lowest BCUT2D eigenvalue weighted by atomic mass is 9.91. The van der Waals surface area contributed by atoms with Gasteiger partial charge in [0.1, 0.15) is 10.1 Å². The summed E-state index contributed by atoms with van der Waals surface area (Å²) in [7, 11) is 4.39. The minimum atomic E-state index is -0.711. The summed E-state index contributed by atoms with van der Waals surface area (Å²) in [4.78, 5) is 48.0. The minimum Gasteiger partial charge on any atom is -0.323 e. The largest absolute Gasteiger partial charge is 0.447 e. The van der Waals surface area contributed by atoms with Crippen LogP contribution < -0.4 is 5.32 Å². The monoisotopic (exact) mass is 572 g/mol. The highest BCUT2D eigenvalue weighted by atomic mass is 32.2. The van der Waals surface area contributed by atoms with Gasteiger partial charge >= 0.3 is 18.3 Å². The van der Waals surface area contributed by atoms with Crippen molar-refractivity contribution >= 4 is 81.5 Å². The summed E-state index contributed by atoms with van der Waals surface area (Å²) < 4.78 is 2.20. The molecule has 16 heteroatoms. The third kappa shape index (κ3) is 18.2. The molecule has 0 fully saturated rings. The van der Waals surface area contributed by atoms with E-state index < -0.39 is 18.3 Å². The first kappa shape index (κ1) is 35.4. The molecule has 0 aliphatic heterocycles. The molecule has 0 aromatic rings. The van der Waals surface area contributed by atoms with Crippen LogP contribution in [-0.4, -0.2) is 88.4 Å². The minimum absolute atomic E-state index is 0.0724.